The number of hydroxylamine groups is 1. The molecule has 156 valence electrons. The minimum Gasteiger partial charge on any atom is -0.370 e. The van der Waals surface area contributed by atoms with Crippen LogP contribution in [0.25, 0.3) is 0 Å². The number of halogens is 2. The highest BCUT2D eigenvalue weighted by molar-refractivity contribution is 7.10. The van der Waals surface area contributed by atoms with Crippen LogP contribution < -0.4 is 10.8 Å². The molecule has 1 aromatic heterocycles. The van der Waals surface area contributed by atoms with Crippen molar-refractivity contribution in [3.8, 4) is 23.7 Å². The van der Waals surface area contributed by atoms with E-state index in [2.05, 4.69) is 29.0 Å². The Kier molecular flexibility index (Phi) is 8.07. The van der Waals surface area contributed by atoms with E-state index in [1.807, 2.05) is 17.5 Å². The molecule has 2 unspecified atom stereocenters. The number of carbonyl (C=O) groups excluding carboxylic acids is 2. The number of hydrogen-bond acceptors (Lipinski definition) is 5. The van der Waals surface area contributed by atoms with E-state index in [1.54, 1.807) is 12.1 Å². The van der Waals surface area contributed by atoms with E-state index in [4.69, 9.17) is 9.94 Å². The Morgan fingerprint density at radius 1 is 1.17 bits per heavy atom. The van der Waals surface area contributed by atoms with Gasteiger partial charge in [-0.3, -0.25) is 14.8 Å². The molecule has 3 N–H and O–H groups in total. The minimum atomic E-state index is -3.11. The average molecular weight is 432 g/mol. The minimum absolute atomic E-state index is 0.105. The fraction of sp³-hybridized carbons (Fsp3) is 0.238. The summed E-state index contributed by atoms with van der Waals surface area (Å²) in [6, 6.07) is 7.87. The zero-order valence-corrected chi connectivity index (χ0v) is 16.8. The summed E-state index contributed by atoms with van der Waals surface area (Å²) in [6.07, 6.45) is -3.11. The Morgan fingerprint density at radius 2 is 1.83 bits per heavy atom. The van der Waals surface area contributed by atoms with Crippen molar-refractivity contribution in [3.63, 3.8) is 0 Å². The fourth-order valence-corrected chi connectivity index (χ4v) is 2.90. The van der Waals surface area contributed by atoms with E-state index < -0.39 is 29.9 Å². The molecule has 6 nitrogen and oxygen atoms in total. The summed E-state index contributed by atoms with van der Waals surface area (Å²) in [4.78, 5) is 25.2. The van der Waals surface area contributed by atoms with Crippen molar-refractivity contribution in [2.24, 2.45) is 0 Å². The molecule has 0 radical (unpaired) electrons. The SMILES string of the molecule is COC(C)(C(F)F)C(NC(=O)c1ccc(C#CC#Cc2cccs2)cc1)C(=O)NO. The Labute approximate surface area is 176 Å². The lowest BCUT2D eigenvalue weighted by Crippen LogP contribution is -2.62. The number of rotatable bonds is 6. The Bertz CT molecular complexity index is 1000. The van der Waals surface area contributed by atoms with Crippen molar-refractivity contribution in [3.05, 3.63) is 57.8 Å². The van der Waals surface area contributed by atoms with Crippen LogP contribution in [0.15, 0.2) is 41.8 Å². The summed E-state index contributed by atoms with van der Waals surface area (Å²) in [5, 5.41) is 12.9. The van der Waals surface area contributed by atoms with Crippen molar-refractivity contribution in [2.45, 2.75) is 25.0 Å². The number of benzene rings is 1. The number of thiophene rings is 1. The summed E-state index contributed by atoms with van der Waals surface area (Å²) in [6.45, 7) is 0.952. The van der Waals surface area contributed by atoms with Gasteiger partial charge in [0.2, 0.25) is 0 Å². The van der Waals surface area contributed by atoms with Crippen LogP contribution in [0.3, 0.4) is 0 Å². The van der Waals surface area contributed by atoms with E-state index in [0.717, 1.165) is 18.9 Å². The molecule has 0 aliphatic carbocycles. The van der Waals surface area contributed by atoms with Gasteiger partial charge in [-0.1, -0.05) is 12.0 Å². The molecule has 0 saturated carbocycles. The monoisotopic (exact) mass is 432 g/mol. The standard InChI is InChI=1S/C21H18F2N2O4S/c1-21(29-2,20(22)23)17(19(27)25-28)24-18(26)15-11-9-14(10-12-15)6-3-4-7-16-8-5-13-30-16/h5,8-13,17,20,28H,1-2H3,(H,24,26)(H,25,27). The smallest absolute Gasteiger partial charge is 0.269 e. The summed E-state index contributed by atoms with van der Waals surface area (Å²) in [5.41, 5.74) is -0.391. The Hall–Kier alpha value is -3.24. The maximum Gasteiger partial charge on any atom is 0.269 e. The summed E-state index contributed by atoms with van der Waals surface area (Å²) < 4.78 is 31.6. The lowest BCUT2D eigenvalue weighted by Gasteiger charge is -2.34. The first-order valence-corrected chi connectivity index (χ1v) is 9.43. The van der Waals surface area contributed by atoms with Gasteiger partial charge >= 0.3 is 0 Å². The van der Waals surface area contributed by atoms with Gasteiger partial charge < -0.3 is 10.1 Å². The molecule has 1 aromatic carbocycles. The molecule has 30 heavy (non-hydrogen) atoms. The number of ether oxygens (including phenoxy) is 1. The van der Waals surface area contributed by atoms with Gasteiger partial charge in [-0.05, 0) is 60.4 Å². The van der Waals surface area contributed by atoms with Gasteiger partial charge in [0.15, 0.2) is 5.60 Å². The molecule has 0 spiro atoms. The lowest BCUT2D eigenvalue weighted by molar-refractivity contribution is -0.157. The first kappa shape index (κ1) is 23.0. The van der Waals surface area contributed by atoms with Gasteiger partial charge in [-0.25, -0.2) is 14.3 Å². The van der Waals surface area contributed by atoms with Crippen molar-refractivity contribution in [2.75, 3.05) is 7.11 Å². The van der Waals surface area contributed by atoms with Crippen LogP contribution in [0, 0.1) is 23.7 Å². The van der Waals surface area contributed by atoms with Crippen LogP contribution >= 0.6 is 11.3 Å². The van der Waals surface area contributed by atoms with Gasteiger partial charge in [0.1, 0.15) is 6.04 Å². The second-order valence-corrected chi connectivity index (χ2v) is 7.07. The Morgan fingerprint density at radius 3 is 2.37 bits per heavy atom. The van der Waals surface area contributed by atoms with Crippen molar-refractivity contribution >= 4 is 23.2 Å². The molecule has 0 aliphatic heterocycles. The maximum atomic E-state index is 13.4. The quantitative estimate of drug-likeness (QED) is 0.372. The topological polar surface area (TPSA) is 87.7 Å². The molecule has 0 bridgehead atoms. The second-order valence-electron chi connectivity index (χ2n) is 6.13. The summed E-state index contributed by atoms with van der Waals surface area (Å²) >= 11 is 1.50. The molecule has 1 heterocycles. The van der Waals surface area contributed by atoms with E-state index in [-0.39, 0.29) is 5.56 Å². The molecule has 2 rings (SSSR count). The maximum absolute atomic E-state index is 13.4. The van der Waals surface area contributed by atoms with Crippen LogP contribution in [0.2, 0.25) is 0 Å². The van der Waals surface area contributed by atoms with E-state index in [0.29, 0.717) is 5.56 Å². The molecular weight excluding hydrogens is 414 g/mol. The van der Waals surface area contributed by atoms with E-state index in [1.165, 1.54) is 28.9 Å². The van der Waals surface area contributed by atoms with Gasteiger partial charge in [0.25, 0.3) is 18.2 Å². The second kappa shape index (κ2) is 10.5. The fourth-order valence-electron chi connectivity index (χ4n) is 2.33. The third-order valence-corrected chi connectivity index (χ3v) is 5.00. The first-order chi connectivity index (χ1) is 14.3. The van der Waals surface area contributed by atoms with Crippen LogP contribution in [-0.4, -0.2) is 42.2 Å². The van der Waals surface area contributed by atoms with Crippen LogP contribution in [0.1, 0.15) is 27.7 Å². The summed E-state index contributed by atoms with van der Waals surface area (Å²) in [7, 11) is 0.977. The van der Waals surface area contributed by atoms with Crippen molar-refractivity contribution < 1.29 is 28.3 Å². The van der Waals surface area contributed by atoms with Crippen molar-refractivity contribution in [1.82, 2.24) is 10.8 Å². The predicted octanol–water partition coefficient (Wildman–Crippen LogP) is 2.43. The zero-order valence-electron chi connectivity index (χ0n) is 16.0. The average Bonchev–Trinajstić information content (AvgIpc) is 3.27. The van der Waals surface area contributed by atoms with Crippen molar-refractivity contribution in [1.29, 1.82) is 0 Å². The molecule has 9 heteroatoms. The number of methoxy groups -OCH3 is 1. The molecule has 0 fully saturated rings. The zero-order chi connectivity index (χ0) is 22.1. The molecule has 2 amide bonds. The predicted molar refractivity (Wildman–Crippen MR) is 107 cm³/mol. The van der Waals surface area contributed by atoms with Crippen LogP contribution in [0.5, 0.6) is 0 Å². The third-order valence-electron chi connectivity index (χ3n) is 4.22. The first-order valence-electron chi connectivity index (χ1n) is 8.55. The molecule has 2 atom stereocenters. The Balaban J connectivity index is 2.13. The molecule has 0 saturated heterocycles. The number of alkyl halides is 2. The number of carbonyl (C=O) groups is 2. The molecule has 0 aliphatic rings. The van der Waals surface area contributed by atoms with Gasteiger partial charge in [0.05, 0.1) is 4.88 Å². The molecular formula is C21H18F2N2O4S. The van der Waals surface area contributed by atoms with Crippen LogP contribution in [-0.2, 0) is 9.53 Å². The summed E-state index contributed by atoms with van der Waals surface area (Å²) in [5.74, 6) is 9.09. The van der Waals surface area contributed by atoms with Crippen LogP contribution in [0.4, 0.5) is 8.78 Å². The largest absolute Gasteiger partial charge is 0.370 e. The lowest BCUT2D eigenvalue weighted by atomic mass is 9.95. The van der Waals surface area contributed by atoms with E-state index in [9.17, 15) is 18.4 Å². The van der Waals surface area contributed by atoms with Gasteiger partial charge in [0, 0.05) is 18.2 Å². The number of amides is 2. The normalized spacial score (nSPS) is 13.1. The van der Waals surface area contributed by atoms with Gasteiger partial charge in [-0.2, -0.15) is 0 Å². The molecule has 2 aromatic rings. The number of hydrogen-bond donors (Lipinski definition) is 3. The number of nitrogens with one attached hydrogen (secondary N) is 2. The highest BCUT2D eigenvalue weighted by Crippen LogP contribution is 2.24. The van der Waals surface area contributed by atoms with E-state index >= 15 is 0 Å². The highest BCUT2D eigenvalue weighted by Gasteiger charge is 2.48. The third kappa shape index (κ3) is 5.65. The highest BCUT2D eigenvalue weighted by atomic mass is 32.1. The van der Waals surface area contributed by atoms with Gasteiger partial charge in [-0.15, -0.1) is 11.3 Å².